The first-order valence-corrected chi connectivity index (χ1v) is 13.2. The zero-order valence-electron chi connectivity index (χ0n) is 22.1. The lowest BCUT2D eigenvalue weighted by Gasteiger charge is -2.36. The molecule has 2 aliphatic rings. The van der Waals surface area contributed by atoms with Crippen LogP contribution in [-0.2, 0) is 14.2 Å². The standard InChI is InChI=1S/C28H40F2N4O3/c1-19(17-35-2)33-21-5-7-22(8-6-21)34-27-15-23(25(30)16-31-27)20-4-9-24(29)26(14-20)32-18-28(36-3)10-12-37-13-11-28/h4,9,14-16,19,21-22,32-33H,5-8,10-13,17-18H2,1-3H3,(H,31,34)/t19-,21-,22-/m1/s1. The van der Waals surface area contributed by atoms with Gasteiger partial charge in [0.05, 0.1) is 24.1 Å². The fraction of sp³-hybridized carbons (Fsp3) is 0.607. The van der Waals surface area contributed by atoms with Gasteiger partial charge in [-0.2, -0.15) is 0 Å². The van der Waals surface area contributed by atoms with E-state index in [2.05, 4.69) is 27.9 Å². The molecule has 1 saturated carbocycles. The van der Waals surface area contributed by atoms with Crippen molar-refractivity contribution in [2.75, 3.05) is 51.2 Å². The molecule has 37 heavy (non-hydrogen) atoms. The van der Waals surface area contributed by atoms with Gasteiger partial charge in [0.2, 0.25) is 0 Å². The Balaban J connectivity index is 1.40. The number of halogens is 2. The van der Waals surface area contributed by atoms with Crippen molar-refractivity contribution in [3.05, 3.63) is 42.1 Å². The van der Waals surface area contributed by atoms with Crippen LogP contribution < -0.4 is 16.0 Å². The van der Waals surface area contributed by atoms with Gasteiger partial charge in [-0.15, -0.1) is 0 Å². The minimum atomic E-state index is -0.444. The number of ether oxygens (including phenoxy) is 3. The molecule has 7 nitrogen and oxygen atoms in total. The minimum absolute atomic E-state index is 0.275. The summed E-state index contributed by atoms with van der Waals surface area (Å²) >= 11 is 0. The first-order valence-electron chi connectivity index (χ1n) is 13.2. The summed E-state index contributed by atoms with van der Waals surface area (Å²) in [7, 11) is 3.39. The van der Waals surface area contributed by atoms with E-state index in [1.54, 1.807) is 32.4 Å². The highest BCUT2D eigenvalue weighted by atomic mass is 19.1. The van der Waals surface area contributed by atoms with Crippen LogP contribution in [0.25, 0.3) is 11.1 Å². The predicted octanol–water partition coefficient (Wildman–Crippen LogP) is 4.98. The van der Waals surface area contributed by atoms with Crippen molar-refractivity contribution in [3.8, 4) is 11.1 Å². The van der Waals surface area contributed by atoms with E-state index in [4.69, 9.17) is 14.2 Å². The normalized spacial score (nSPS) is 22.4. The summed E-state index contributed by atoms with van der Waals surface area (Å²) < 4.78 is 45.9. The van der Waals surface area contributed by atoms with Gasteiger partial charge in [0.1, 0.15) is 17.5 Å². The molecule has 0 bridgehead atoms. The van der Waals surface area contributed by atoms with Crippen molar-refractivity contribution >= 4 is 11.5 Å². The number of nitrogens with one attached hydrogen (secondary N) is 3. The molecule has 2 heterocycles. The van der Waals surface area contributed by atoms with Crippen LogP contribution in [0.15, 0.2) is 30.5 Å². The van der Waals surface area contributed by atoms with Gasteiger partial charge in [0, 0.05) is 70.5 Å². The van der Waals surface area contributed by atoms with E-state index in [9.17, 15) is 8.78 Å². The summed E-state index contributed by atoms with van der Waals surface area (Å²) in [5.74, 6) is -0.207. The maximum Gasteiger partial charge on any atom is 0.149 e. The molecule has 1 saturated heterocycles. The van der Waals surface area contributed by atoms with E-state index >= 15 is 0 Å². The molecule has 1 aromatic carbocycles. The molecule has 4 rings (SSSR count). The van der Waals surface area contributed by atoms with Crippen molar-refractivity contribution in [2.45, 2.75) is 69.2 Å². The second-order valence-corrected chi connectivity index (χ2v) is 10.3. The smallest absolute Gasteiger partial charge is 0.149 e. The molecule has 204 valence electrons. The molecule has 3 N–H and O–H groups in total. The maximum absolute atomic E-state index is 14.8. The van der Waals surface area contributed by atoms with Crippen LogP contribution in [-0.4, -0.2) is 69.3 Å². The summed E-state index contributed by atoms with van der Waals surface area (Å²) in [4.78, 5) is 4.27. The SMILES string of the molecule is COC[C@@H](C)N[C@H]1CC[C@H](Nc2cc(-c3ccc(F)c(NCC4(OC)CCOCC4)c3)c(F)cn2)CC1. The monoisotopic (exact) mass is 518 g/mol. The number of methoxy groups -OCH3 is 2. The number of benzene rings is 1. The van der Waals surface area contributed by atoms with E-state index in [0.717, 1.165) is 38.5 Å². The molecule has 0 amide bonds. The second-order valence-electron chi connectivity index (χ2n) is 10.3. The molecule has 1 atom stereocenters. The summed E-state index contributed by atoms with van der Waals surface area (Å²) in [6, 6.07) is 7.41. The quantitative estimate of drug-likeness (QED) is 0.387. The number of hydrogen-bond acceptors (Lipinski definition) is 7. The first kappa shape index (κ1) is 27.7. The Kier molecular flexibility index (Phi) is 9.70. The molecular formula is C28H40F2N4O3. The lowest BCUT2D eigenvalue weighted by atomic mass is 9.90. The molecule has 1 aromatic heterocycles. The number of rotatable bonds is 11. The lowest BCUT2D eigenvalue weighted by Crippen LogP contribution is -2.44. The molecule has 9 heteroatoms. The lowest BCUT2D eigenvalue weighted by molar-refractivity contribution is -0.0807. The fourth-order valence-electron chi connectivity index (χ4n) is 5.33. The third kappa shape index (κ3) is 7.37. The number of hydrogen-bond donors (Lipinski definition) is 3. The molecule has 2 aromatic rings. The van der Waals surface area contributed by atoms with Crippen LogP contribution in [0.5, 0.6) is 0 Å². The van der Waals surface area contributed by atoms with Gasteiger partial charge in [-0.1, -0.05) is 6.07 Å². The number of pyridine rings is 1. The summed E-state index contributed by atoms with van der Waals surface area (Å²) in [5.41, 5.74) is 0.887. The fourth-order valence-corrected chi connectivity index (χ4v) is 5.33. The van der Waals surface area contributed by atoms with Gasteiger partial charge in [-0.3, -0.25) is 0 Å². The van der Waals surface area contributed by atoms with E-state index in [0.29, 0.717) is 61.1 Å². The van der Waals surface area contributed by atoms with Crippen molar-refractivity contribution in [1.29, 1.82) is 0 Å². The highest BCUT2D eigenvalue weighted by Crippen LogP contribution is 2.31. The van der Waals surface area contributed by atoms with Crippen LogP contribution in [0.2, 0.25) is 0 Å². The largest absolute Gasteiger partial charge is 0.383 e. The first-order chi connectivity index (χ1) is 17.9. The molecule has 0 unspecified atom stereocenters. The molecule has 0 spiro atoms. The van der Waals surface area contributed by atoms with Crippen LogP contribution in [0.3, 0.4) is 0 Å². The predicted molar refractivity (Wildman–Crippen MR) is 142 cm³/mol. The van der Waals surface area contributed by atoms with Crippen molar-refractivity contribution < 1.29 is 23.0 Å². The van der Waals surface area contributed by atoms with E-state index in [1.807, 2.05) is 0 Å². The highest BCUT2D eigenvalue weighted by molar-refractivity contribution is 5.71. The van der Waals surface area contributed by atoms with Crippen LogP contribution in [0, 0.1) is 11.6 Å². The van der Waals surface area contributed by atoms with Gasteiger partial charge in [-0.25, -0.2) is 13.8 Å². The molecule has 0 radical (unpaired) electrons. The highest BCUT2D eigenvalue weighted by Gasteiger charge is 2.32. The Morgan fingerprint density at radius 1 is 1.05 bits per heavy atom. The Morgan fingerprint density at radius 3 is 2.49 bits per heavy atom. The van der Waals surface area contributed by atoms with Crippen LogP contribution >= 0.6 is 0 Å². The average molecular weight is 519 g/mol. The Bertz CT molecular complexity index is 1010. The average Bonchev–Trinajstić information content (AvgIpc) is 2.91. The van der Waals surface area contributed by atoms with E-state index in [-0.39, 0.29) is 11.9 Å². The molecule has 2 fully saturated rings. The number of nitrogens with zero attached hydrogens (tertiary/aromatic N) is 1. The van der Waals surface area contributed by atoms with Crippen LogP contribution in [0.4, 0.5) is 20.3 Å². The second kappa shape index (κ2) is 13.0. The topological polar surface area (TPSA) is 76.7 Å². The number of anilines is 2. The van der Waals surface area contributed by atoms with Gasteiger partial charge in [0.15, 0.2) is 0 Å². The van der Waals surface area contributed by atoms with Gasteiger partial charge in [-0.05, 0) is 56.4 Å². The van der Waals surface area contributed by atoms with Crippen molar-refractivity contribution in [2.24, 2.45) is 0 Å². The minimum Gasteiger partial charge on any atom is -0.383 e. The molecule has 1 aliphatic carbocycles. The summed E-state index contributed by atoms with van der Waals surface area (Å²) in [6.07, 6.45) is 6.82. The van der Waals surface area contributed by atoms with Gasteiger partial charge < -0.3 is 30.2 Å². The molecular weight excluding hydrogens is 478 g/mol. The van der Waals surface area contributed by atoms with E-state index in [1.165, 1.54) is 12.3 Å². The summed E-state index contributed by atoms with van der Waals surface area (Å²) in [5, 5.41) is 10.3. The molecule has 1 aliphatic heterocycles. The Hall–Kier alpha value is -2.33. The maximum atomic E-state index is 14.8. The Labute approximate surface area is 218 Å². The van der Waals surface area contributed by atoms with Crippen molar-refractivity contribution in [3.63, 3.8) is 0 Å². The van der Waals surface area contributed by atoms with Crippen LogP contribution in [0.1, 0.15) is 45.4 Å². The zero-order chi connectivity index (χ0) is 26.3. The van der Waals surface area contributed by atoms with Crippen molar-refractivity contribution in [1.82, 2.24) is 10.3 Å². The van der Waals surface area contributed by atoms with Gasteiger partial charge in [0.25, 0.3) is 0 Å². The Morgan fingerprint density at radius 2 is 1.78 bits per heavy atom. The third-order valence-electron chi connectivity index (χ3n) is 7.59. The van der Waals surface area contributed by atoms with E-state index < -0.39 is 11.4 Å². The van der Waals surface area contributed by atoms with Gasteiger partial charge >= 0.3 is 0 Å². The zero-order valence-corrected chi connectivity index (χ0v) is 22.1. The summed E-state index contributed by atoms with van der Waals surface area (Å²) in [6.45, 7) is 4.50. The third-order valence-corrected chi connectivity index (χ3v) is 7.59. The number of aromatic nitrogens is 1.